The number of benzene rings is 1. The summed E-state index contributed by atoms with van der Waals surface area (Å²) in [6, 6.07) is 3.94. The van der Waals surface area contributed by atoms with E-state index < -0.39 is 0 Å². The largest absolute Gasteiger partial charge is 0.318 e. The third-order valence-electron chi connectivity index (χ3n) is 2.50. The average Bonchev–Trinajstić information content (AvgIpc) is 2.22. The van der Waals surface area contributed by atoms with E-state index in [4.69, 9.17) is 17.3 Å². The predicted molar refractivity (Wildman–Crippen MR) is 70.7 cm³/mol. The number of halogens is 1. The molecule has 0 saturated carbocycles. The zero-order chi connectivity index (χ0) is 12.1. The molecule has 0 bridgehead atoms. The van der Waals surface area contributed by atoms with E-state index in [1.807, 2.05) is 26.0 Å². The fourth-order valence-electron chi connectivity index (χ4n) is 1.47. The third kappa shape index (κ3) is 3.56. The van der Waals surface area contributed by atoms with Gasteiger partial charge in [-0.05, 0) is 43.5 Å². The Morgan fingerprint density at radius 2 is 2.00 bits per heavy atom. The number of hydrogen-bond donors (Lipinski definition) is 1. The lowest BCUT2D eigenvalue weighted by Gasteiger charge is -2.04. The molecule has 1 atom stereocenters. The van der Waals surface area contributed by atoms with E-state index in [2.05, 4.69) is 18.8 Å². The van der Waals surface area contributed by atoms with Crippen LogP contribution in [0.3, 0.4) is 0 Å². The Morgan fingerprint density at radius 1 is 1.31 bits per heavy atom. The number of rotatable bonds is 2. The molecule has 0 spiro atoms. The van der Waals surface area contributed by atoms with Crippen molar-refractivity contribution in [2.24, 2.45) is 5.73 Å². The maximum atomic E-state index is 6.03. The molecule has 16 heavy (non-hydrogen) atoms. The van der Waals surface area contributed by atoms with Gasteiger partial charge in [-0.2, -0.15) is 0 Å². The molecule has 0 radical (unpaired) electrons. The Hall–Kier alpha value is -0.970. The number of hydrogen-bond acceptors (Lipinski definition) is 1. The van der Waals surface area contributed by atoms with E-state index in [9.17, 15) is 0 Å². The molecule has 0 amide bonds. The fourth-order valence-corrected chi connectivity index (χ4v) is 1.69. The SMILES string of the molecule is CCCC(N)C#Cc1cc(C)c(Cl)cc1C. The van der Waals surface area contributed by atoms with Crippen molar-refractivity contribution in [3.63, 3.8) is 0 Å². The Labute approximate surface area is 103 Å². The van der Waals surface area contributed by atoms with E-state index in [0.29, 0.717) is 0 Å². The van der Waals surface area contributed by atoms with Crippen LogP contribution in [0.25, 0.3) is 0 Å². The first-order chi connectivity index (χ1) is 7.54. The molecule has 2 N–H and O–H groups in total. The van der Waals surface area contributed by atoms with E-state index in [-0.39, 0.29) is 6.04 Å². The first-order valence-electron chi connectivity index (χ1n) is 5.58. The highest BCUT2D eigenvalue weighted by Gasteiger charge is 2.01. The van der Waals surface area contributed by atoms with Gasteiger partial charge in [-0.15, -0.1) is 0 Å². The number of aryl methyl sites for hydroxylation is 2. The van der Waals surface area contributed by atoms with Gasteiger partial charge in [-0.25, -0.2) is 0 Å². The smallest absolute Gasteiger partial charge is 0.0668 e. The first kappa shape index (κ1) is 13.1. The third-order valence-corrected chi connectivity index (χ3v) is 2.90. The molecule has 0 aromatic heterocycles. The lowest BCUT2D eigenvalue weighted by atomic mass is 10.1. The molecular formula is C14H18ClN. The van der Waals surface area contributed by atoms with Crippen LogP contribution in [0.2, 0.25) is 5.02 Å². The van der Waals surface area contributed by atoms with Crippen molar-refractivity contribution in [1.82, 2.24) is 0 Å². The molecule has 1 aromatic rings. The molecule has 1 nitrogen and oxygen atoms in total. The second-order valence-corrected chi connectivity index (χ2v) is 4.49. The summed E-state index contributed by atoms with van der Waals surface area (Å²) in [4.78, 5) is 0. The molecule has 2 heteroatoms. The molecule has 1 unspecified atom stereocenters. The maximum Gasteiger partial charge on any atom is 0.0668 e. The Bertz CT molecular complexity index is 426. The molecular weight excluding hydrogens is 218 g/mol. The van der Waals surface area contributed by atoms with Gasteiger partial charge in [-0.3, -0.25) is 0 Å². The van der Waals surface area contributed by atoms with Crippen LogP contribution >= 0.6 is 11.6 Å². The van der Waals surface area contributed by atoms with Gasteiger partial charge < -0.3 is 5.73 Å². The summed E-state index contributed by atoms with van der Waals surface area (Å²) < 4.78 is 0. The van der Waals surface area contributed by atoms with Crippen LogP contribution in [0.1, 0.15) is 36.5 Å². The normalized spacial score (nSPS) is 11.8. The Morgan fingerprint density at radius 3 is 2.62 bits per heavy atom. The summed E-state index contributed by atoms with van der Waals surface area (Å²) in [6.07, 6.45) is 2.01. The van der Waals surface area contributed by atoms with Gasteiger partial charge in [0.25, 0.3) is 0 Å². The maximum absolute atomic E-state index is 6.03. The van der Waals surface area contributed by atoms with Gasteiger partial charge in [0, 0.05) is 10.6 Å². The lowest BCUT2D eigenvalue weighted by molar-refractivity contribution is 0.720. The quantitative estimate of drug-likeness (QED) is 0.781. The molecule has 0 aliphatic rings. The minimum atomic E-state index is -0.0274. The Balaban J connectivity index is 2.93. The topological polar surface area (TPSA) is 26.0 Å². The summed E-state index contributed by atoms with van der Waals surface area (Å²) in [5.74, 6) is 6.20. The molecule has 1 rings (SSSR count). The van der Waals surface area contributed by atoms with Crippen molar-refractivity contribution in [3.8, 4) is 11.8 Å². The van der Waals surface area contributed by atoms with Crippen LogP contribution in [0.15, 0.2) is 12.1 Å². The predicted octanol–water partition coefficient (Wildman–Crippen LogP) is 3.44. The Kier molecular flexibility index (Phi) is 4.86. The summed E-state index contributed by atoms with van der Waals surface area (Å²) >= 11 is 6.03. The van der Waals surface area contributed by atoms with E-state index in [1.165, 1.54) is 0 Å². The number of nitrogens with two attached hydrogens (primary N) is 1. The van der Waals surface area contributed by atoms with Crippen LogP contribution in [0.4, 0.5) is 0 Å². The lowest BCUT2D eigenvalue weighted by Crippen LogP contribution is -2.16. The van der Waals surface area contributed by atoms with Crippen LogP contribution in [-0.2, 0) is 0 Å². The summed E-state index contributed by atoms with van der Waals surface area (Å²) in [7, 11) is 0. The average molecular weight is 236 g/mol. The van der Waals surface area contributed by atoms with Gasteiger partial charge >= 0.3 is 0 Å². The standard InChI is InChI=1S/C14H18ClN/c1-4-5-13(16)7-6-12-8-11(3)14(15)9-10(12)2/h8-9,13H,4-5,16H2,1-3H3. The van der Waals surface area contributed by atoms with Crippen LogP contribution < -0.4 is 5.73 Å². The zero-order valence-corrected chi connectivity index (χ0v) is 10.9. The van der Waals surface area contributed by atoms with Crippen LogP contribution in [0, 0.1) is 25.7 Å². The molecule has 86 valence electrons. The van der Waals surface area contributed by atoms with Crippen molar-refractivity contribution in [3.05, 3.63) is 33.8 Å². The van der Waals surface area contributed by atoms with E-state index in [1.54, 1.807) is 0 Å². The van der Waals surface area contributed by atoms with Gasteiger partial charge in [-0.1, -0.05) is 36.8 Å². The van der Waals surface area contributed by atoms with Crippen molar-refractivity contribution in [1.29, 1.82) is 0 Å². The minimum absolute atomic E-state index is 0.0274. The monoisotopic (exact) mass is 235 g/mol. The highest BCUT2D eigenvalue weighted by molar-refractivity contribution is 6.31. The van der Waals surface area contributed by atoms with Gasteiger partial charge in [0.15, 0.2) is 0 Å². The zero-order valence-electron chi connectivity index (χ0n) is 10.1. The summed E-state index contributed by atoms with van der Waals surface area (Å²) in [5, 5.41) is 0.793. The van der Waals surface area contributed by atoms with Gasteiger partial charge in [0.05, 0.1) is 6.04 Å². The highest BCUT2D eigenvalue weighted by atomic mass is 35.5. The molecule has 0 aliphatic carbocycles. The molecule has 0 aliphatic heterocycles. The van der Waals surface area contributed by atoms with E-state index >= 15 is 0 Å². The van der Waals surface area contributed by atoms with Gasteiger partial charge in [0.2, 0.25) is 0 Å². The van der Waals surface area contributed by atoms with Gasteiger partial charge in [0.1, 0.15) is 0 Å². The van der Waals surface area contributed by atoms with E-state index in [0.717, 1.165) is 34.6 Å². The van der Waals surface area contributed by atoms with Crippen molar-refractivity contribution >= 4 is 11.6 Å². The molecule has 0 saturated heterocycles. The fraction of sp³-hybridized carbons (Fsp3) is 0.429. The first-order valence-corrected chi connectivity index (χ1v) is 5.96. The summed E-state index contributed by atoms with van der Waals surface area (Å²) in [6.45, 7) is 6.11. The second kappa shape index (κ2) is 5.94. The molecule has 1 aromatic carbocycles. The van der Waals surface area contributed by atoms with Crippen LogP contribution in [0.5, 0.6) is 0 Å². The highest BCUT2D eigenvalue weighted by Crippen LogP contribution is 2.19. The minimum Gasteiger partial charge on any atom is -0.318 e. The second-order valence-electron chi connectivity index (χ2n) is 4.08. The van der Waals surface area contributed by atoms with Crippen molar-refractivity contribution in [2.75, 3.05) is 0 Å². The van der Waals surface area contributed by atoms with Crippen molar-refractivity contribution in [2.45, 2.75) is 39.7 Å². The van der Waals surface area contributed by atoms with Crippen molar-refractivity contribution < 1.29 is 0 Å². The molecule has 0 fully saturated rings. The summed E-state index contributed by atoms with van der Waals surface area (Å²) in [5.41, 5.74) is 9.03. The van der Waals surface area contributed by atoms with Crippen LogP contribution in [-0.4, -0.2) is 6.04 Å². The molecule has 0 heterocycles.